The Kier molecular flexibility index (Phi) is 6.69. The summed E-state index contributed by atoms with van der Waals surface area (Å²) < 4.78 is 1.89. The molecule has 0 fully saturated rings. The minimum absolute atomic E-state index is 0.234. The second-order valence-corrected chi connectivity index (χ2v) is 5.88. The summed E-state index contributed by atoms with van der Waals surface area (Å²) in [6.07, 6.45) is 8.68. The molecule has 0 saturated heterocycles. The van der Waals surface area contributed by atoms with Gasteiger partial charge in [-0.25, -0.2) is 0 Å². The van der Waals surface area contributed by atoms with Crippen LogP contribution in [-0.4, -0.2) is 46.9 Å². The molecule has 20 heavy (non-hydrogen) atoms. The molecule has 0 bridgehead atoms. The van der Waals surface area contributed by atoms with Crippen molar-refractivity contribution >= 4 is 0 Å². The molecule has 1 aromatic rings. The molecule has 0 aliphatic heterocycles. The number of nitrogens with zero attached hydrogens (tertiary/aromatic N) is 3. The molecule has 1 N–H and O–H groups in total. The van der Waals surface area contributed by atoms with Crippen LogP contribution in [0.2, 0.25) is 0 Å². The lowest BCUT2D eigenvalue weighted by Crippen LogP contribution is -2.58. The van der Waals surface area contributed by atoms with E-state index in [-0.39, 0.29) is 5.54 Å². The number of hydrogen-bond acceptors (Lipinski definition) is 3. The summed E-state index contributed by atoms with van der Waals surface area (Å²) in [4.78, 5) is 2.41. The van der Waals surface area contributed by atoms with Crippen LogP contribution < -0.4 is 5.32 Å². The van der Waals surface area contributed by atoms with Gasteiger partial charge in [-0.2, -0.15) is 5.10 Å². The van der Waals surface area contributed by atoms with Crippen molar-refractivity contribution in [2.45, 2.75) is 58.0 Å². The third kappa shape index (κ3) is 3.83. The average Bonchev–Trinajstić information content (AvgIpc) is 2.83. The maximum absolute atomic E-state index is 4.26. The molecule has 0 amide bonds. The summed E-state index contributed by atoms with van der Waals surface area (Å²) in [5.74, 6) is 0. The Morgan fingerprint density at radius 1 is 1.30 bits per heavy atom. The highest BCUT2D eigenvalue weighted by Crippen LogP contribution is 2.28. The Balaban J connectivity index is 2.80. The first-order valence-electron chi connectivity index (χ1n) is 7.88. The molecule has 0 spiro atoms. The van der Waals surface area contributed by atoms with Crippen LogP contribution in [0.5, 0.6) is 0 Å². The van der Waals surface area contributed by atoms with Crippen LogP contribution in [0, 0.1) is 0 Å². The third-order valence-electron chi connectivity index (χ3n) is 4.69. The highest BCUT2D eigenvalue weighted by Gasteiger charge is 2.36. The van der Waals surface area contributed by atoms with Crippen LogP contribution in [0.15, 0.2) is 12.4 Å². The number of hydrogen-bond donors (Lipinski definition) is 1. The van der Waals surface area contributed by atoms with Crippen molar-refractivity contribution < 1.29 is 0 Å². The van der Waals surface area contributed by atoms with Crippen LogP contribution in [0.1, 0.15) is 45.6 Å². The van der Waals surface area contributed by atoms with Crippen LogP contribution in [-0.2, 0) is 13.5 Å². The van der Waals surface area contributed by atoms with Gasteiger partial charge in [0.25, 0.3) is 0 Å². The van der Waals surface area contributed by atoms with Crippen molar-refractivity contribution in [2.24, 2.45) is 7.05 Å². The lowest BCUT2D eigenvalue weighted by atomic mass is 9.80. The summed E-state index contributed by atoms with van der Waals surface area (Å²) in [5, 5.41) is 7.98. The van der Waals surface area contributed by atoms with Gasteiger partial charge in [0.15, 0.2) is 0 Å². The lowest BCUT2D eigenvalue weighted by Gasteiger charge is -2.45. The van der Waals surface area contributed by atoms with E-state index in [1.807, 2.05) is 17.9 Å². The second kappa shape index (κ2) is 7.79. The maximum atomic E-state index is 4.26. The monoisotopic (exact) mass is 280 g/mol. The molecule has 1 heterocycles. The summed E-state index contributed by atoms with van der Waals surface area (Å²) >= 11 is 0. The summed E-state index contributed by atoms with van der Waals surface area (Å²) in [5.41, 5.74) is 1.56. The molecular weight excluding hydrogens is 248 g/mol. The fourth-order valence-corrected chi connectivity index (χ4v) is 3.41. The first kappa shape index (κ1) is 17.2. The summed E-state index contributed by atoms with van der Waals surface area (Å²) in [6.45, 7) is 7.83. The van der Waals surface area contributed by atoms with E-state index in [1.54, 1.807) is 0 Å². The third-order valence-corrected chi connectivity index (χ3v) is 4.69. The van der Waals surface area contributed by atoms with Gasteiger partial charge in [0, 0.05) is 24.8 Å². The molecule has 0 aromatic carbocycles. The molecule has 0 saturated carbocycles. The smallest absolute Gasteiger partial charge is 0.0521 e. The second-order valence-electron chi connectivity index (χ2n) is 5.88. The molecule has 1 rings (SSSR count). The number of likely N-dealkylation sites (N-methyl/N-ethyl adjacent to an activating group) is 2. The number of aromatic nitrogens is 2. The zero-order valence-electron chi connectivity index (χ0n) is 14.1. The summed E-state index contributed by atoms with van der Waals surface area (Å²) in [6, 6.07) is 0.512. The minimum atomic E-state index is 0.234. The fourth-order valence-electron chi connectivity index (χ4n) is 3.41. The standard InChI is InChI=1S/C16H32N4/c1-7-16(8-2,19(4)5)15(17-9-3)11-10-14-12-18-20(6)13-14/h12-13,15,17H,7-11H2,1-6H3. The van der Waals surface area contributed by atoms with E-state index in [9.17, 15) is 0 Å². The zero-order valence-corrected chi connectivity index (χ0v) is 14.1. The first-order valence-corrected chi connectivity index (χ1v) is 7.88. The van der Waals surface area contributed by atoms with E-state index in [0.29, 0.717) is 6.04 Å². The van der Waals surface area contributed by atoms with Crippen LogP contribution >= 0.6 is 0 Å². The molecule has 0 aliphatic rings. The highest BCUT2D eigenvalue weighted by atomic mass is 15.2. The van der Waals surface area contributed by atoms with Crippen molar-refractivity contribution in [3.05, 3.63) is 18.0 Å². The first-order chi connectivity index (χ1) is 9.50. The summed E-state index contributed by atoms with van der Waals surface area (Å²) in [7, 11) is 6.40. The van der Waals surface area contributed by atoms with E-state index in [0.717, 1.165) is 19.4 Å². The highest BCUT2D eigenvalue weighted by molar-refractivity contribution is 5.06. The van der Waals surface area contributed by atoms with Crippen LogP contribution in [0.25, 0.3) is 0 Å². The Hall–Kier alpha value is -0.870. The number of aryl methyl sites for hydroxylation is 2. The molecule has 116 valence electrons. The van der Waals surface area contributed by atoms with Crippen molar-refractivity contribution in [3.8, 4) is 0 Å². The quantitative estimate of drug-likeness (QED) is 0.754. The van der Waals surface area contributed by atoms with E-state index in [4.69, 9.17) is 0 Å². The van der Waals surface area contributed by atoms with E-state index >= 15 is 0 Å². The van der Waals surface area contributed by atoms with E-state index in [1.165, 1.54) is 18.4 Å². The molecule has 1 atom stereocenters. The van der Waals surface area contributed by atoms with Gasteiger partial charge in [0.2, 0.25) is 0 Å². The predicted molar refractivity (Wildman–Crippen MR) is 86.0 cm³/mol. The zero-order chi connectivity index (χ0) is 15.2. The van der Waals surface area contributed by atoms with Crippen molar-refractivity contribution in [1.82, 2.24) is 20.0 Å². The lowest BCUT2D eigenvalue weighted by molar-refractivity contribution is 0.0850. The largest absolute Gasteiger partial charge is 0.312 e. The Morgan fingerprint density at radius 3 is 2.35 bits per heavy atom. The van der Waals surface area contributed by atoms with Crippen molar-refractivity contribution in [1.29, 1.82) is 0 Å². The van der Waals surface area contributed by atoms with Gasteiger partial charge >= 0.3 is 0 Å². The van der Waals surface area contributed by atoms with Crippen molar-refractivity contribution in [2.75, 3.05) is 20.6 Å². The minimum Gasteiger partial charge on any atom is -0.312 e. The maximum Gasteiger partial charge on any atom is 0.0521 e. The van der Waals surface area contributed by atoms with E-state index in [2.05, 4.69) is 56.4 Å². The van der Waals surface area contributed by atoms with Gasteiger partial charge in [0.05, 0.1) is 6.20 Å². The normalized spacial score (nSPS) is 13.9. The van der Waals surface area contributed by atoms with Gasteiger partial charge in [-0.05, 0) is 51.9 Å². The average molecular weight is 280 g/mol. The Morgan fingerprint density at radius 2 is 1.95 bits per heavy atom. The van der Waals surface area contributed by atoms with Gasteiger partial charge in [-0.15, -0.1) is 0 Å². The van der Waals surface area contributed by atoms with Crippen molar-refractivity contribution in [3.63, 3.8) is 0 Å². The molecule has 4 heteroatoms. The van der Waals surface area contributed by atoms with E-state index < -0.39 is 0 Å². The van der Waals surface area contributed by atoms with Gasteiger partial charge in [-0.1, -0.05) is 20.8 Å². The predicted octanol–water partition coefficient (Wildman–Crippen LogP) is 2.45. The topological polar surface area (TPSA) is 33.1 Å². The van der Waals surface area contributed by atoms with Gasteiger partial charge in [-0.3, -0.25) is 4.68 Å². The molecular formula is C16H32N4. The SMILES string of the molecule is CCNC(CCc1cnn(C)c1)C(CC)(CC)N(C)C. The van der Waals surface area contributed by atoms with Crippen LogP contribution in [0.4, 0.5) is 0 Å². The van der Waals surface area contributed by atoms with Gasteiger partial charge in [0.1, 0.15) is 0 Å². The molecule has 4 nitrogen and oxygen atoms in total. The number of rotatable bonds is 9. The fraction of sp³-hybridized carbons (Fsp3) is 0.812. The number of nitrogens with one attached hydrogen (secondary N) is 1. The molecule has 0 aliphatic carbocycles. The van der Waals surface area contributed by atoms with Gasteiger partial charge < -0.3 is 10.2 Å². The Labute approximate surface area is 124 Å². The Bertz CT molecular complexity index is 380. The van der Waals surface area contributed by atoms with Crippen LogP contribution in [0.3, 0.4) is 0 Å². The molecule has 0 radical (unpaired) electrons. The molecule has 1 aromatic heterocycles. The molecule has 1 unspecified atom stereocenters.